The molecule has 2 aromatic rings. The van der Waals surface area contributed by atoms with Gasteiger partial charge in [0.15, 0.2) is 11.5 Å². The van der Waals surface area contributed by atoms with Crippen LogP contribution in [0, 0.1) is 10.1 Å². The number of carbonyl (C=O) groups is 1. The van der Waals surface area contributed by atoms with Crippen LogP contribution >= 0.6 is 12.2 Å². The molecule has 1 aliphatic heterocycles. The van der Waals surface area contributed by atoms with E-state index in [0.29, 0.717) is 30.6 Å². The van der Waals surface area contributed by atoms with Gasteiger partial charge in [-0.25, -0.2) is 4.79 Å². The smallest absolute Gasteiger partial charge is 0.343 e. The molecule has 1 fully saturated rings. The number of rotatable bonds is 6. The zero-order valence-electron chi connectivity index (χ0n) is 15.8. The number of benzene rings is 2. The molecule has 0 N–H and O–H groups in total. The highest BCUT2D eigenvalue weighted by Crippen LogP contribution is 2.30. The lowest BCUT2D eigenvalue weighted by atomic mass is 10.1. The summed E-state index contributed by atoms with van der Waals surface area (Å²) < 4.78 is 16.4. The first-order chi connectivity index (χ1) is 14.0. The van der Waals surface area contributed by atoms with E-state index >= 15 is 0 Å². The Hall–Kier alpha value is -3.04. The first-order valence-corrected chi connectivity index (χ1v) is 9.51. The number of hydrogen-bond donors (Lipinski definition) is 0. The molecule has 0 amide bonds. The summed E-state index contributed by atoms with van der Waals surface area (Å²) in [4.78, 5) is 25.4. The van der Waals surface area contributed by atoms with Crippen LogP contribution in [0.2, 0.25) is 0 Å². The first kappa shape index (κ1) is 20.7. The molecular formula is C20H20N2O6S. The number of hydrogen-bond acceptors (Lipinski definition) is 7. The van der Waals surface area contributed by atoms with Crippen molar-refractivity contribution in [3.8, 4) is 11.5 Å². The van der Waals surface area contributed by atoms with E-state index in [1.165, 1.54) is 24.3 Å². The molecule has 0 atom stereocenters. The van der Waals surface area contributed by atoms with E-state index in [-0.39, 0.29) is 17.0 Å². The zero-order valence-corrected chi connectivity index (χ0v) is 16.6. The maximum absolute atomic E-state index is 12.4. The molecule has 9 heteroatoms. The molecular weight excluding hydrogens is 396 g/mol. The lowest BCUT2D eigenvalue weighted by Gasteiger charge is -2.29. The third-order valence-electron chi connectivity index (χ3n) is 4.31. The molecule has 0 saturated carbocycles. The van der Waals surface area contributed by atoms with Gasteiger partial charge in [-0.15, -0.1) is 0 Å². The average Bonchev–Trinajstić information content (AvgIpc) is 2.75. The van der Waals surface area contributed by atoms with Gasteiger partial charge < -0.3 is 19.1 Å². The Labute approximate surface area is 173 Å². The standard InChI is InChI=1S/C20H20N2O6S/c1-2-27-18-13-15(19(29)21-9-11-26-12-10-21)5-8-17(18)28-20(23)14-3-6-16(7-4-14)22(24)25/h3-8,13H,2,9-12H2,1H3. The molecule has 29 heavy (non-hydrogen) atoms. The monoisotopic (exact) mass is 416 g/mol. The van der Waals surface area contributed by atoms with E-state index in [0.717, 1.165) is 18.7 Å². The number of nitrogens with zero attached hydrogens (tertiary/aromatic N) is 2. The summed E-state index contributed by atoms with van der Waals surface area (Å²) >= 11 is 5.58. The van der Waals surface area contributed by atoms with E-state index in [2.05, 4.69) is 4.90 Å². The Morgan fingerprint density at radius 2 is 1.79 bits per heavy atom. The van der Waals surface area contributed by atoms with Gasteiger partial charge in [-0.05, 0) is 37.3 Å². The predicted molar refractivity (Wildman–Crippen MR) is 110 cm³/mol. The molecule has 1 aliphatic rings. The second-order valence-corrected chi connectivity index (χ2v) is 6.58. The minimum atomic E-state index is -0.635. The van der Waals surface area contributed by atoms with Gasteiger partial charge in [-0.1, -0.05) is 12.2 Å². The molecule has 0 aromatic heterocycles. The Balaban J connectivity index is 1.78. The number of thiocarbonyl (C=S) groups is 1. The van der Waals surface area contributed by atoms with Gasteiger partial charge in [0.2, 0.25) is 0 Å². The predicted octanol–water partition coefficient (Wildman–Crippen LogP) is 3.22. The van der Waals surface area contributed by atoms with Crippen LogP contribution in [0.15, 0.2) is 42.5 Å². The fourth-order valence-corrected chi connectivity index (χ4v) is 3.13. The summed E-state index contributed by atoms with van der Waals surface area (Å²) in [7, 11) is 0. The normalized spacial score (nSPS) is 13.6. The summed E-state index contributed by atoms with van der Waals surface area (Å²) in [6, 6.07) is 10.4. The fraction of sp³-hybridized carbons (Fsp3) is 0.300. The molecule has 1 saturated heterocycles. The molecule has 0 bridgehead atoms. The minimum absolute atomic E-state index is 0.0995. The number of nitro groups is 1. The Kier molecular flexibility index (Phi) is 6.73. The van der Waals surface area contributed by atoms with Gasteiger partial charge in [0, 0.05) is 30.8 Å². The van der Waals surface area contributed by atoms with Gasteiger partial charge in [0.1, 0.15) is 4.99 Å². The third kappa shape index (κ3) is 5.07. The number of esters is 1. The molecule has 2 aromatic carbocycles. The quantitative estimate of drug-likeness (QED) is 0.233. The van der Waals surface area contributed by atoms with E-state index in [1.807, 2.05) is 6.92 Å². The second-order valence-electron chi connectivity index (χ2n) is 6.19. The molecule has 0 spiro atoms. The third-order valence-corrected chi connectivity index (χ3v) is 4.80. The number of carbonyl (C=O) groups excluding carboxylic acids is 1. The van der Waals surface area contributed by atoms with E-state index in [4.69, 9.17) is 26.4 Å². The number of non-ortho nitro benzene ring substituents is 1. The summed E-state index contributed by atoms with van der Waals surface area (Å²) in [6.07, 6.45) is 0. The van der Waals surface area contributed by atoms with Crippen LogP contribution in [0.1, 0.15) is 22.8 Å². The van der Waals surface area contributed by atoms with Crippen molar-refractivity contribution >= 4 is 28.9 Å². The largest absolute Gasteiger partial charge is 0.490 e. The van der Waals surface area contributed by atoms with Gasteiger partial charge in [-0.3, -0.25) is 10.1 Å². The fourth-order valence-electron chi connectivity index (χ4n) is 2.82. The molecule has 1 heterocycles. The zero-order chi connectivity index (χ0) is 20.8. The highest BCUT2D eigenvalue weighted by molar-refractivity contribution is 7.80. The van der Waals surface area contributed by atoms with Crippen LogP contribution in [0.25, 0.3) is 0 Å². The van der Waals surface area contributed by atoms with Crippen molar-refractivity contribution in [3.63, 3.8) is 0 Å². The second kappa shape index (κ2) is 9.44. The van der Waals surface area contributed by atoms with Crippen molar-refractivity contribution in [2.45, 2.75) is 6.92 Å². The lowest BCUT2D eigenvalue weighted by Crippen LogP contribution is -2.40. The van der Waals surface area contributed by atoms with E-state index in [9.17, 15) is 14.9 Å². The van der Waals surface area contributed by atoms with Crippen molar-refractivity contribution in [3.05, 3.63) is 63.7 Å². The summed E-state index contributed by atoms with van der Waals surface area (Å²) in [6.45, 7) is 4.91. The van der Waals surface area contributed by atoms with Gasteiger partial charge in [0.05, 0.1) is 30.3 Å². The van der Waals surface area contributed by atoms with Crippen molar-refractivity contribution in [1.29, 1.82) is 0 Å². The lowest BCUT2D eigenvalue weighted by molar-refractivity contribution is -0.384. The molecule has 0 unspecified atom stereocenters. The topological polar surface area (TPSA) is 91.1 Å². The first-order valence-electron chi connectivity index (χ1n) is 9.10. The van der Waals surface area contributed by atoms with Crippen LogP contribution in [-0.4, -0.2) is 53.7 Å². The summed E-state index contributed by atoms with van der Waals surface area (Å²) in [5.41, 5.74) is 0.893. The minimum Gasteiger partial charge on any atom is -0.490 e. The molecule has 0 aliphatic carbocycles. The van der Waals surface area contributed by atoms with Crippen LogP contribution in [0.3, 0.4) is 0 Å². The molecule has 152 valence electrons. The molecule has 3 rings (SSSR count). The highest BCUT2D eigenvalue weighted by Gasteiger charge is 2.19. The number of morpholine rings is 1. The average molecular weight is 416 g/mol. The van der Waals surface area contributed by atoms with Crippen LogP contribution in [-0.2, 0) is 4.74 Å². The Bertz CT molecular complexity index is 910. The van der Waals surface area contributed by atoms with Crippen LogP contribution in [0.5, 0.6) is 11.5 Å². The van der Waals surface area contributed by atoms with Crippen LogP contribution < -0.4 is 9.47 Å². The Morgan fingerprint density at radius 1 is 1.14 bits per heavy atom. The molecule has 0 radical (unpaired) electrons. The SMILES string of the molecule is CCOc1cc(C(=S)N2CCOCC2)ccc1OC(=O)c1ccc([N+](=O)[O-])cc1. The summed E-state index contributed by atoms with van der Waals surface area (Å²) in [5.74, 6) is 0.0176. The number of ether oxygens (including phenoxy) is 3. The van der Waals surface area contributed by atoms with Crippen molar-refractivity contribution in [1.82, 2.24) is 4.90 Å². The highest BCUT2D eigenvalue weighted by atomic mass is 32.1. The van der Waals surface area contributed by atoms with Crippen molar-refractivity contribution in [2.75, 3.05) is 32.9 Å². The van der Waals surface area contributed by atoms with Crippen LogP contribution in [0.4, 0.5) is 5.69 Å². The van der Waals surface area contributed by atoms with Crippen molar-refractivity contribution < 1.29 is 23.9 Å². The number of nitro benzene ring substituents is 1. The molecule has 8 nitrogen and oxygen atoms in total. The van der Waals surface area contributed by atoms with E-state index < -0.39 is 10.9 Å². The van der Waals surface area contributed by atoms with Gasteiger partial charge >= 0.3 is 5.97 Å². The maximum atomic E-state index is 12.4. The summed E-state index contributed by atoms with van der Waals surface area (Å²) in [5, 5.41) is 10.7. The Morgan fingerprint density at radius 3 is 2.41 bits per heavy atom. The maximum Gasteiger partial charge on any atom is 0.343 e. The van der Waals surface area contributed by atoms with Gasteiger partial charge in [-0.2, -0.15) is 0 Å². The van der Waals surface area contributed by atoms with Gasteiger partial charge in [0.25, 0.3) is 5.69 Å². The van der Waals surface area contributed by atoms with E-state index in [1.54, 1.807) is 18.2 Å². The van der Waals surface area contributed by atoms with Crippen molar-refractivity contribution in [2.24, 2.45) is 0 Å².